The third-order valence-corrected chi connectivity index (χ3v) is 3.08. The van der Waals surface area contributed by atoms with Crippen LogP contribution in [-0.4, -0.2) is 15.3 Å². The fourth-order valence-electron chi connectivity index (χ4n) is 2.41. The second kappa shape index (κ2) is 3.30. The number of hydrogen-bond acceptors (Lipinski definition) is 2. The van der Waals surface area contributed by atoms with Gasteiger partial charge in [-0.1, -0.05) is 24.3 Å². The van der Waals surface area contributed by atoms with E-state index in [1.807, 2.05) is 24.7 Å². The van der Waals surface area contributed by atoms with Gasteiger partial charge in [0.1, 0.15) is 5.78 Å². The average molecular weight is 212 g/mol. The topological polar surface area (TPSA) is 34.9 Å². The molecule has 1 aliphatic rings. The molecule has 0 amide bonds. The van der Waals surface area contributed by atoms with E-state index >= 15 is 0 Å². The van der Waals surface area contributed by atoms with Crippen molar-refractivity contribution in [1.82, 2.24) is 9.55 Å². The van der Waals surface area contributed by atoms with Gasteiger partial charge in [0.25, 0.3) is 0 Å². The summed E-state index contributed by atoms with van der Waals surface area (Å²) in [6.45, 7) is 1.64. The third kappa shape index (κ3) is 1.21. The number of imidazole rings is 1. The van der Waals surface area contributed by atoms with Gasteiger partial charge >= 0.3 is 0 Å². The molecule has 0 radical (unpaired) electrons. The van der Waals surface area contributed by atoms with E-state index in [-0.39, 0.29) is 11.8 Å². The number of fused-ring (bicyclic) bond motifs is 3. The highest BCUT2D eigenvalue weighted by atomic mass is 16.1. The van der Waals surface area contributed by atoms with Crippen LogP contribution in [0.25, 0.3) is 11.3 Å². The van der Waals surface area contributed by atoms with E-state index in [2.05, 4.69) is 21.7 Å². The normalized spacial score (nSPS) is 16.9. The molecule has 80 valence electrons. The second-order valence-corrected chi connectivity index (χ2v) is 4.20. The Morgan fingerprint density at radius 1 is 1.44 bits per heavy atom. The molecule has 1 unspecified atom stereocenters. The van der Waals surface area contributed by atoms with Crippen LogP contribution in [-0.2, 0) is 4.79 Å². The maximum absolute atomic E-state index is 11.3. The summed E-state index contributed by atoms with van der Waals surface area (Å²) in [5, 5.41) is 0. The van der Waals surface area contributed by atoms with Crippen LogP contribution in [0.2, 0.25) is 0 Å². The van der Waals surface area contributed by atoms with Crippen molar-refractivity contribution in [3.8, 4) is 11.3 Å². The van der Waals surface area contributed by atoms with Gasteiger partial charge in [0.15, 0.2) is 0 Å². The van der Waals surface area contributed by atoms with Gasteiger partial charge < -0.3 is 4.57 Å². The van der Waals surface area contributed by atoms with Crippen LogP contribution >= 0.6 is 0 Å². The van der Waals surface area contributed by atoms with Crippen molar-refractivity contribution in [2.24, 2.45) is 0 Å². The summed E-state index contributed by atoms with van der Waals surface area (Å²) < 4.78 is 2.09. The number of aromatic nitrogens is 2. The van der Waals surface area contributed by atoms with Crippen LogP contribution in [0.15, 0.2) is 36.8 Å². The molecule has 0 saturated heterocycles. The number of benzene rings is 1. The quantitative estimate of drug-likeness (QED) is 0.766. The summed E-state index contributed by atoms with van der Waals surface area (Å²) in [6, 6.07) is 8.35. The zero-order chi connectivity index (χ0) is 11.1. The van der Waals surface area contributed by atoms with Crippen LogP contribution < -0.4 is 0 Å². The molecule has 0 fully saturated rings. The molecule has 0 bridgehead atoms. The minimum atomic E-state index is 0.131. The Kier molecular flexibility index (Phi) is 1.93. The Morgan fingerprint density at radius 2 is 2.25 bits per heavy atom. The van der Waals surface area contributed by atoms with Crippen molar-refractivity contribution >= 4 is 5.78 Å². The lowest BCUT2D eigenvalue weighted by Crippen LogP contribution is -2.08. The Morgan fingerprint density at radius 3 is 3.06 bits per heavy atom. The fraction of sp³-hybridized carbons (Fsp3) is 0.231. The standard InChI is InChI=1S/C13H12N2O/c1-9(16)6-12-10-4-2-3-5-11(10)13-7-14-8-15(12)13/h2-5,7-8,12H,6H2,1H3. The van der Waals surface area contributed by atoms with Gasteiger partial charge in [-0.15, -0.1) is 0 Å². The van der Waals surface area contributed by atoms with E-state index in [1.54, 1.807) is 6.92 Å². The molecule has 2 aromatic rings. The molecule has 1 aromatic carbocycles. The maximum atomic E-state index is 11.3. The lowest BCUT2D eigenvalue weighted by Gasteiger charge is -2.12. The number of carbonyl (C=O) groups excluding carboxylic acids is 1. The van der Waals surface area contributed by atoms with Gasteiger partial charge in [-0.3, -0.25) is 4.79 Å². The van der Waals surface area contributed by atoms with E-state index in [4.69, 9.17) is 0 Å². The van der Waals surface area contributed by atoms with Crippen LogP contribution in [0, 0.1) is 0 Å². The average Bonchev–Trinajstić information content (AvgIpc) is 2.82. The molecule has 0 N–H and O–H groups in total. The van der Waals surface area contributed by atoms with Crippen molar-refractivity contribution in [3.05, 3.63) is 42.4 Å². The van der Waals surface area contributed by atoms with E-state index in [0.717, 1.165) is 5.69 Å². The van der Waals surface area contributed by atoms with E-state index in [1.165, 1.54) is 11.1 Å². The monoisotopic (exact) mass is 212 g/mol. The number of Topliss-reactive ketones (excluding diaryl/α,β-unsaturated/α-hetero) is 1. The van der Waals surface area contributed by atoms with Crippen LogP contribution in [0.1, 0.15) is 24.9 Å². The van der Waals surface area contributed by atoms with E-state index in [9.17, 15) is 4.79 Å². The largest absolute Gasteiger partial charge is 0.323 e. The summed E-state index contributed by atoms with van der Waals surface area (Å²) in [5.41, 5.74) is 3.54. The molecular formula is C13H12N2O. The predicted molar refractivity (Wildman–Crippen MR) is 61.1 cm³/mol. The smallest absolute Gasteiger partial charge is 0.132 e. The van der Waals surface area contributed by atoms with Crippen molar-refractivity contribution < 1.29 is 4.79 Å². The first-order valence-electron chi connectivity index (χ1n) is 5.38. The lowest BCUT2D eigenvalue weighted by atomic mass is 10.00. The Bertz CT molecular complexity index is 557. The number of carbonyl (C=O) groups is 1. The summed E-state index contributed by atoms with van der Waals surface area (Å²) in [7, 11) is 0. The summed E-state index contributed by atoms with van der Waals surface area (Å²) in [6.07, 6.45) is 4.21. The van der Waals surface area contributed by atoms with Gasteiger partial charge in [-0.05, 0) is 12.5 Å². The zero-order valence-electron chi connectivity index (χ0n) is 9.05. The molecule has 1 aliphatic heterocycles. The zero-order valence-corrected chi connectivity index (χ0v) is 9.05. The number of rotatable bonds is 2. The first-order chi connectivity index (χ1) is 7.77. The summed E-state index contributed by atoms with van der Waals surface area (Å²) in [4.78, 5) is 15.5. The van der Waals surface area contributed by atoms with Crippen molar-refractivity contribution in [2.75, 3.05) is 0 Å². The highest BCUT2D eigenvalue weighted by Gasteiger charge is 2.28. The van der Waals surface area contributed by atoms with Gasteiger partial charge in [0.05, 0.1) is 24.3 Å². The van der Waals surface area contributed by atoms with E-state index < -0.39 is 0 Å². The Hall–Kier alpha value is -1.90. The number of hydrogen-bond donors (Lipinski definition) is 0. The number of nitrogens with zero attached hydrogens (tertiary/aromatic N) is 2. The molecule has 0 aliphatic carbocycles. The molecule has 1 atom stereocenters. The van der Waals surface area contributed by atoms with Crippen LogP contribution in [0.5, 0.6) is 0 Å². The second-order valence-electron chi connectivity index (χ2n) is 4.20. The highest BCUT2D eigenvalue weighted by Crippen LogP contribution is 2.40. The lowest BCUT2D eigenvalue weighted by molar-refractivity contribution is -0.117. The molecule has 3 heteroatoms. The third-order valence-electron chi connectivity index (χ3n) is 3.08. The van der Waals surface area contributed by atoms with Gasteiger partial charge in [0, 0.05) is 12.0 Å². The first-order valence-corrected chi connectivity index (χ1v) is 5.38. The summed E-state index contributed by atoms with van der Waals surface area (Å²) >= 11 is 0. The Balaban J connectivity index is 2.17. The first kappa shape index (κ1) is 9.33. The van der Waals surface area contributed by atoms with Crippen LogP contribution in [0.4, 0.5) is 0 Å². The molecule has 2 heterocycles. The molecular weight excluding hydrogens is 200 g/mol. The van der Waals surface area contributed by atoms with E-state index in [0.29, 0.717) is 6.42 Å². The maximum Gasteiger partial charge on any atom is 0.132 e. The fourth-order valence-corrected chi connectivity index (χ4v) is 2.41. The Labute approximate surface area is 93.7 Å². The minimum Gasteiger partial charge on any atom is -0.323 e. The van der Waals surface area contributed by atoms with Crippen molar-refractivity contribution in [3.63, 3.8) is 0 Å². The molecule has 0 spiro atoms. The van der Waals surface area contributed by atoms with Gasteiger partial charge in [-0.2, -0.15) is 0 Å². The summed E-state index contributed by atoms with van der Waals surface area (Å²) in [5.74, 6) is 0.210. The molecule has 0 saturated carbocycles. The molecule has 16 heavy (non-hydrogen) atoms. The molecule has 1 aromatic heterocycles. The van der Waals surface area contributed by atoms with Crippen molar-refractivity contribution in [2.45, 2.75) is 19.4 Å². The number of ketones is 1. The predicted octanol–water partition coefficient (Wildman–Crippen LogP) is 2.43. The van der Waals surface area contributed by atoms with Gasteiger partial charge in [-0.25, -0.2) is 4.98 Å². The van der Waals surface area contributed by atoms with Crippen molar-refractivity contribution in [1.29, 1.82) is 0 Å². The molecule has 3 nitrogen and oxygen atoms in total. The minimum absolute atomic E-state index is 0.131. The molecule has 3 rings (SSSR count). The highest BCUT2D eigenvalue weighted by molar-refractivity contribution is 5.79. The SMILES string of the molecule is CC(=O)CC1c2ccccc2-c2cncn21. The van der Waals surface area contributed by atoms with Crippen LogP contribution in [0.3, 0.4) is 0 Å². The van der Waals surface area contributed by atoms with Gasteiger partial charge in [0.2, 0.25) is 0 Å².